The van der Waals surface area contributed by atoms with Crippen molar-refractivity contribution in [2.45, 2.75) is 13.0 Å². The van der Waals surface area contributed by atoms with Gasteiger partial charge in [0.25, 0.3) is 6.43 Å². The number of pyridine rings is 1. The molecule has 5 heteroatoms. The first-order chi connectivity index (χ1) is 10.6. The van der Waals surface area contributed by atoms with Crippen LogP contribution in [0.5, 0.6) is 0 Å². The third-order valence-electron chi connectivity index (χ3n) is 3.01. The summed E-state index contributed by atoms with van der Waals surface area (Å²) in [5.74, 6) is -0.444. The molecule has 0 aliphatic heterocycles. The number of hydrogen-bond acceptors (Lipinski definition) is 2. The molecule has 0 unspecified atom stereocenters. The van der Waals surface area contributed by atoms with Crippen molar-refractivity contribution in [3.05, 3.63) is 72.1 Å². The summed E-state index contributed by atoms with van der Waals surface area (Å²) in [4.78, 5) is 17.2. The fourth-order valence-electron chi connectivity index (χ4n) is 1.95. The number of amides is 1. The van der Waals surface area contributed by atoms with E-state index in [2.05, 4.69) is 4.98 Å². The Hall–Kier alpha value is -2.56. The molecule has 0 saturated heterocycles. The summed E-state index contributed by atoms with van der Waals surface area (Å²) in [7, 11) is 0. The molecule has 0 radical (unpaired) electrons. The summed E-state index contributed by atoms with van der Waals surface area (Å²) in [6.45, 7) is -0.431. The molecule has 0 aliphatic rings. The highest BCUT2D eigenvalue weighted by Crippen LogP contribution is 2.09. The number of hydrogen-bond donors (Lipinski definition) is 0. The second kappa shape index (κ2) is 8.02. The quantitative estimate of drug-likeness (QED) is 0.766. The summed E-state index contributed by atoms with van der Waals surface area (Å²) in [6, 6.07) is 12.5. The van der Waals surface area contributed by atoms with Crippen LogP contribution in [0.2, 0.25) is 0 Å². The molecule has 0 fully saturated rings. The fourth-order valence-corrected chi connectivity index (χ4v) is 1.95. The number of nitrogens with zero attached hydrogens (tertiary/aromatic N) is 2. The lowest BCUT2D eigenvalue weighted by Gasteiger charge is -2.20. The number of carbonyl (C=O) groups is 1. The number of benzene rings is 1. The van der Waals surface area contributed by atoms with E-state index >= 15 is 0 Å². The molecule has 1 aromatic heterocycles. The molecule has 0 saturated carbocycles. The Kier molecular flexibility index (Phi) is 5.77. The van der Waals surface area contributed by atoms with E-state index in [4.69, 9.17) is 0 Å². The van der Waals surface area contributed by atoms with Gasteiger partial charge in [-0.1, -0.05) is 30.3 Å². The van der Waals surface area contributed by atoms with Crippen LogP contribution in [-0.2, 0) is 11.3 Å². The SMILES string of the molecule is O=C(/C=C\c1ccncc1)N(Cc1ccccc1)CC(F)F. The van der Waals surface area contributed by atoms with Crippen molar-refractivity contribution in [1.29, 1.82) is 0 Å². The molecule has 114 valence electrons. The molecule has 1 amide bonds. The molecule has 3 nitrogen and oxygen atoms in total. The Bertz CT molecular complexity index is 615. The number of halogens is 2. The summed E-state index contributed by atoms with van der Waals surface area (Å²) in [6.07, 6.45) is 3.53. The van der Waals surface area contributed by atoms with E-state index in [1.165, 1.54) is 6.08 Å². The normalized spacial score (nSPS) is 11.0. The molecule has 0 bridgehead atoms. The molecule has 0 atom stereocenters. The monoisotopic (exact) mass is 302 g/mol. The number of carbonyl (C=O) groups excluding carboxylic acids is 1. The van der Waals surface area contributed by atoms with Gasteiger partial charge in [0.05, 0.1) is 6.54 Å². The fraction of sp³-hybridized carbons (Fsp3) is 0.176. The lowest BCUT2D eigenvalue weighted by molar-refractivity contribution is -0.128. The van der Waals surface area contributed by atoms with Gasteiger partial charge in [-0.3, -0.25) is 9.78 Å². The molecule has 1 aromatic carbocycles. The van der Waals surface area contributed by atoms with Crippen LogP contribution >= 0.6 is 0 Å². The first kappa shape index (κ1) is 15.8. The van der Waals surface area contributed by atoms with E-state index in [1.807, 2.05) is 18.2 Å². The molecule has 2 rings (SSSR count). The Morgan fingerprint density at radius 2 is 1.82 bits per heavy atom. The first-order valence-corrected chi connectivity index (χ1v) is 6.84. The third-order valence-corrected chi connectivity index (χ3v) is 3.01. The summed E-state index contributed by atoms with van der Waals surface area (Å²) in [5.41, 5.74) is 1.61. The molecule has 22 heavy (non-hydrogen) atoms. The Labute approximate surface area is 127 Å². The van der Waals surface area contributed by atoms with Gasteiger partial charge in [0.1, 0.15) is 0 Å². The summed E-state index contributed by atoms with van der Waals surface area (Å²) >= 11 is 0. The topological polar surface area (TPSA) is 33.2 Å². The highest BCUT2D eigenvalue weighted by atomic mass is 19.3. The molecule has 0 spiro atoms. The second-order valence-electron chi connectivity index (χ2n) is 4.71. The van der Waals surface area contributed by atoms with Crippen LogP contribution in [0.3, 0.4) is 0 Å². The average molecular weight is 302 g/mol. The Morgan fingerprint density at radius 3 is 2.45 bits per heavy atom. The van der Waals surface area contributed by atoms with Gasteiger partial charge in [-0.25, -0.2) is 8.78 Å². The molecule has 0 N–H and O–H groups in total. The van der Waals surface area contributed by atoms with Crippen molar-refractivity contribution in [2.75, 3.05) is 6.54 Å². The van der Waals surface area contributed by atoms with Crippen LogP contribution in [0.25, 0.3) is 6.08 Å². The van der Waals surface area contributed by atoms with Crippen LogP contribution in [0.1, 0.15) is 11.1 Å². The highest BCUT2D eigenvalue weighted by molar-refractivity contribution is 5.91. The van der Waals surface area contributed by atoms with Gasteiger partial charge in [0.15, 0.2) is 0 Å². The van der Waals surface area contributed by atoms with Crippen LogP contribution in [0, 0.1) is 0 Å². The van der Waals surface area contributed by atoms with Crippen LogP contribution in [0.4, 0.5) is 8.78 Å². The predicted octanol–water partition coefficient (Wildman–Crippen LogP) is 3.39. The van der Waals surface area contributed by atoms with Crippen molar-refractivity contribution in [3.63, 3.8) is 0 Å². The second-order valence-corrected chi connectivity index (χ2v) is 4.71. The molecular formula is C17H16F2N2O. The lowest BCUT2D eigenvalue weighted by Crippen LogP contribution is -2.33. The van der Waals surface area contributed by atoms with Crippen LogP contribution in [-0.4, -0.2) is 28.8 Å². The largest absolute Gasteiger partial charge is 0.329 e. The van der Waals surface area contributed by atoms with Gasteiger partial charge in [0, 0.05) is 25.0 Å². The van der Waals surface area contributed by atoms with Crippen molar-refractivity contribution in [2.24, 2.45) is 0 Å². The van der Waals surface area contributed by atoms with Gasteiger partial charge in [0.2, 0.25) is 5.91 Å². The summed E-state index contributed by atoms with van der Waals surface area (Å²) < 4.78 is 25.4. The smallest absolute Gasteiger partial charge is 0.255 e. The van der Waals surface area contributed by atoms with Crippen molar-refractivity contribution in [3.8, 4) is 0 Å². The lowest BCUT2D eigenvalue weighted by atomic mass is 10.2. The van der Waals surface area contributed by atoms with E-state index in [0.29, 0.717) is 0 Å². The van der Waals surface area contributed by atoms with E-state index in [1.54, 1.807) is 42.7 Å². The number of alkyl halides is 2. The van der Waals surface area contributed by atoms with Gasteiger partial charge >= 0.3 is 0 Å². The van der Waals surface area contributed by atoms with Crippen molar-refractivity contribution < 1.29 is 13.6 Å². The van der Waals surface area contributed by atoms with Gasteiger partial charge in [-0.05, 0) is 29.3 Å². The third kappa shape index (κ3) is 5.09. The van der Waals surface area contributed by atoms with Gasteiger partial charge in [-0.2, -0.15) is 0 Å². The van der Waals surface area contributed by atoms with E-state index in [0.717, 1.165) is 16.0 Å². The maximum Gasteiger partial charge on any atom is 0.255 e. The molecular weight excluding hydrogens is 286 g/mol. The minimum absolute atomic E-state index is 0.157. The minimum Gasteiger partial charge on any atom is -0.329 e. The molecule has 0 aliphatic carbocycles. The standard InChI is InChI=1S/C17H16F2N2O/c18-16(19)13-21(12-15-4-2-1-3-5-15)17(22)7-6-14-8-10-20-11-9-14/h1-11,16H,12-13H2/b7-6-. The van der Waals surface area contributed by atoms with Crippen LogP contribution in [0.15, 0.2) is 60.9 Å². The number of rotatable bonds is 6. The first-order valence-electron chi connectivity index (χ1n) is 6.84. The minimum atomic E-state index is -2.57. The predicted molar refractivity (Wildman–Crippen MR) is 81.1 cm³/mol. The zero-order valence-electron chi connectivity index (χ0n) is 11.9. The highest BCUT2D eigenvalue weighted by Gasteiger charge is 2.16. The van der Waals surface area contributed by atoms with Gasteiger partial charge < -0.3 is 4.90 Å². The Morgan fingerprint density at radius 1 is 1.14 bits per heavy atom. The maximum absolute atomic E-state index is 12.7. The molecule has 1 heterocycles. The van der Waals surface area contributed by atoms with E-state index in [-0.39, 0.29) is 6.54 Å². The zero-order chi connectivity index (χ0) is 15.8. The zero-order valence-corrected chi connectivity index (χ0v) is 11.9. The van der Waals surface area contributed by atoms with Crippen molar-refractivity contribution in [1.82, 2.24) is 9.88 Å². The molecule has 2 aromatic rings. The number of aromatic nitrogens is 1. The summed E-state index contributed by atoms with van der Waals surface area (Å²) in [5, 5.41) is 0. The average Bonchev–Trinajstić information content (AvgIpc) is 2.53. The van der Waals surface area contributed by atoms with E-state index in [9.17, 15) is 13.6 Å². The van der Waals surface area contributed by atoms with Crippen LogP contribution < -0.4 is 0 Å². The van der Waals surface area contributed by atoms with Crippen molar-refractivity contribution >= 4 is 12.0 Å². The maximum atomic E-state index is 12.7. The van der Waals surface area contributed by atoms with Gasteiger partial charge in [-0.15, -0.1) is 0 Å². The Balaban J connectivity index is 2.07. The van der Waals surface area contributed by atoms with E-state index < -0.39 is 18.9 Å².